The van der Waals surface area contributed by atoms with Gasteiger partial charge in [0, 0.05) is 13.8 Å². The number of carbonyl (C=O) groups excluding carboxylic acids is 2. The predicted octanol–water partition coefficient (Wildman–Crippen LogP) is 1.32. The van der Waals surface area contributed by atoms with Gasteiger partial charge in [0.05, 0.1) is 7.11 Å². The van der Waals surface area contributed by atoms with Gasteiger partial charge >= 0.3 is 11.9 Å². The number of benzene rings is 1. The van der Waals surface area contributed by atoms with E-state index in [9.17, 15) is 14.7 Å². The molecular formula is C13H14O6. The summed E-state index contributed by atoms with van der Waals surface area (Å²) in [6, 6.07) is 4.19. The number of methoxy groups -OCH3 is 1. The molecule has 0 saturated carbocycles. The molecule has 2 rings (SSSR count). The van der Waals surface area contributed by atoms with Gasteiger partial charge in [0.15, 0.2) is 17.4 Å². The summed E-state index contributed by atoms with van der Waals surface area (Å²) in [5.41, 5.74) is 0.347. The summed E-state index contributed by atoms with van der Waals surface area (Å²) in [5.74, 6) is -3.70. The van der Waals surface area contributed by atoms with Gasteiger partial charge in [0.1, 0.15) is 0 Å². The van der Waals surface area contributed by atoms with Gasteiger partial charge in [-0.25, -0.2) is 0 Å². The van der Waals surface area contributed by atoms with Crippen LogP contribution in [0.25, 0.3) is 0 Å². The highest BCUT2D eigenvalue weighted by Crippen LogP contribution is 2.34. The summed E-state index contributed by atoms with van der Waals surface area (Å²) in [4.78, 5) is 23.8. The maximum absolute atomic E-state index is 11.9. The molecule has 0 aliphatic carbocycles. The van der Waals surface area contributed by atoms with Crippen molar-refractivity contribution in [2.45, 2.75) is 25.6 Å². The summed E-state index contributed by atoms with van der Waals surface area (Å²) in [6.45, 7) is 2.97. The molecule has 6 nitrogen and oxygen atoms in total. The molecule has 1 aliphatic heterocycles. The Bertz CT molecular complexity index is 514. The monoisotopic (exact) mass is 266 g/mol. The van der Waals surface area contributed by atoms with Crippen molar-refractivity contribution in [2.24, 2.45) is 0 Å². The summed E-state index contributed by atoms with van der Waals surface area (Å²) < 4.78 is 15.0. The number of aromatic hydroxyl groups is 1. The third-order valence-corrected chi connectivity index (χ3v) is 2.70. The van der Waals surface area contributed by atoms with Crippen molar-refractivity contribution in [3.63, 3.8) is 0 Å². The standard InChI is InChI=1S/C13H14O6/c1-13(2)18-11(15)10(12(16)19-13)7-4-5-8(14)9(6-7)17-3/h4-6,10,14H,1-3H3. The quantitative estimate of drug-likeness (QED) is 0.642. The zero-order chi connectivity index (χ0) is 14.2. The fourth-order valence-corrected chi connectivity index (χ4v) is 1.87. The molecule has 102 valence electrons. The second kappa shape index (κ2) is 4.46. The van der Waals surface area contributed by atoms with Crippen LogP contribution in [0.3, 0.4) is 0 Å². The number of esters is 2. The van der Waals surface area contributed by atoms with Crippen LogP contribution >= 0.6 is 0 Å². The Hall–Kier alpha value is -2.24. The Morgan fingerprint density at radius 2 is 1.79 bits per heavy atom. The number of phenolic OH excluding ortho intramolecular Hbond substituents is 1. The molecule has 0 radical (unpaired) electrons. The number of phenols is 1. The lowest BCUT2D eigenvalue weighted by Crippen LogP contribution is -2.45. The van der Waals surface area contributed by atoms with E-state index < -0.39 is 23.6 Å². The summed E-state index contributed by atoms with van der Waals surface area (Å²) in [5, 5.41) is 9.49. The van der Waals surface area contributed by atoms with Crippen molar-refractivity contribution < 1.29 is 28.9 Å². The molecule has 1 aliphatic rings. The van der Waals surface area contributed by atoms with E-state index >= 15 is 0 Å². The van der Waals surface area contributed by atoms with E-state index in [0.717, 1.165) is 0 Å². The van der Waals surface area contributed by atoms with E-state index in [1.165, 1.54) is 39.2 Å². The van der Waals surface area contributed by atoms with Crippen LogP contribution in [-0.4, -0.2) is 29.9 Å². The fraction of sp³-hybridized carbons (Fsp3) is 0.385. The minimum atomic E-state index is -1.26. The number of hydrogen-bond acceptors (Lipinski definition) is 6. The van der Waals surface area contributed by atoms with Crippen LogP contribution in [0.15, 0.2) is 18.2 Å². The van der Waals surface area contributed by atoms with Crippen LogP contribution in [0.5, 0.6) is 11.5 Å². The normalized spacial score (nSPS) is 18.7. The second-order valence-electron chi connectivity index (χ2n) is 4.61. The SMILES string of the molecule is COc1cc(C2C(=O)OC(C)(C)OC2=O)ccc1O. The number of carbonyl (C=O) groups is 2. The van der Waals surface area contributed by atoms with Crippen molar-refractivity contribution in [3.8, 4) is 11.5 Å². The van der Waals surface area contributed by atoms with Gasteiger partial charge in [-0.15, -0.1) is 0 Å². The molecule has 1 aromatic carbocycles. The average Bonchev–Trinajstić information content (AvgIpc) is 2.28. The number of hydrogen-bond donors (Lipinski definition) is 1. The molecule has 6 heteroatoms. The maximum Gasteiger partial charge on any atom is 0.328 e. The Morgan fingerprint density at radius 3 is 2.32 bits per heavy atom. The molecule has 1 heterocycles. The Morgan fingerprint density at radius 1 is 1.21 bits per heavy atom. The van der Waals surface area contributed by atoms with E-state index in [0.29, 0.717) is 5.56 Å². The predicted molar refractivity (Wildman–Crippen MR) is 63.7 cm³/mol. The Labute approximate surface area is 109 Å². The molecular weight excluding hydrogens is 252 g/mol. The van der Waals surface area contributed by atoms with Gasteiger partial charge in [-0.05, 0) is 17.7 Å². The zero-order valence-corrected chi connectivity index (χ0v) is 10.8. The number of rotatable bonds is 2. The highest BCUT2D eigenvalue weighted by atomic mass is 16.7. The van der Waals surface area contributed by atoms with Crippen LogP contribution in [0.4, 0.5) is 0 Å². The van der Waals surface area contributed by atoms with Crippen LogP contribution in [0, 0.1) is 0 Å². The molecule has 0 spiro atoms. The second-order valence-corrected chi connectivity index (χ2v) is 4.61. The van der Waals surface area contributed by atoms with Gasteiger partial charge in [0.25, 0.3) is 5.79 Å². The van der Waals surface area contributed by atoms with Crippen molar-refractivity contribution in [2.75, 3.05) is 7.11 Å². The highest BCUT2D eigenvalue weighted by Gasteiger charge is 2.44. The summed E-state index contributed by atoms with van der Waals surface area (Å²) in [7, 11) is 1.37. The lowest BCUT2D eigenvalue weighted by atomic mass is 9.97. The van der Waals surface area contributed by atoms with E-state index in [1.807, 2.05) is 0 Å². The minimum Gasteiger partial charge on any atom is -0.504 e. The van der Waals surface area contributed by atoms with Crippen LogP contribution in [0.1, 0.15) is 25.3 Å². The molecule has 19 heavy (non-hydrogen) atoms. The molecule has 0 bridgehead atoms. The Kier molecular flexibility index (Phi) is 3.09. The molecule has 0 unspecified atom stereocenters. The van der Waals surface area contributed by atoms with E-state index in [-0.39, 0.29) is 11.5 Å². The highest BCUT2D eigenvalue weighted by molar-refractivity contribution is 6.02. The largest absolute Gasteiger partial charge is 0.504 e. The van der Waals surface area contributed by atoms with Crippen molar-refractivity contribution >= 4 is 11.9 Å². The minimum absolute atomic E-state index is 0.0795. The molecule has 1 N–H and O–H groups in total. The van der Waals surface area contributed by atoms with Crippen molar-refractivity contribution in [1.29, 1.82) is 0 Å². The van der Waals surface area contributed by atoms with Crippen molar-refractivity contribution in [3.05, 3.63) is 23.8 Å². The number of ether oxygens (including phenoxy) is 3. The van der Waals surface area contributed by atoms with Crippen LogP contribution in [0.2, 0.25) is 0 Å². The lowest BCUT2D eigenvalue weighted by molar-refractivity contribution is -0.234. The van der Waals surface area contributed by atoms with E-state index in [1.54, 1.807) is 0 Å². The van der Waals surface area contributed by atoms with Gasteiger partial charge in [-0.2, -0.15) is 0 Å². The van der Waals surface area contributed by atoms with E-state index in [2.05, 4.69) is 0 Å². The first-order chi connectivity index (χ1) is 8.84. The van der Waals surface area contributed by atoms with Gasteiger partial charge < -0.3 is 19.3 Å². The van der Waals surface area contributed by atoms with Crippen LogP contribution in [-0.2, 0) is 19.1 Å². The van der Waals surface area contributed by atoms with Crippen molar-refractivity contribution in [1.82, 2.24) is 0 Å². The van der Waals surface area contributed by atoms with E-state index in [4.69, 9.17) is 14.2 Å². The molecule has 1 saturated heterocycles. The maximum atomic E-state index is 11.9. The lowest BCUT2D eigenvalue weighted by Gasteiger charge is -2.33. The molecule has 0 amide bonds. The first-order valence-corrected chi connectivity index (χ1v) is 5.66. The van der Waals surface area contributed by atoms with Crippen LogP contribution < -0.4 is 4.74 Å². The first-order valence-electron chi connectivity index (χ1n) is 5.66. The van der Waals surface area contributed by atoms with Gasteiger partial charge in [-0.1, -0.05) is 6.07 Å². The van der Waals surface area contributed by atoms with Gasteiger partial charge in [-0.3, -0.25) is 9.59 Å². The average molecular weight is 266 g/mol. The molecule has 0 aromatic heterocycles. The third kappa shape index (κ3) is 2.47. The molecule has 1 aromatic rings. The molecule has 0 atom stereocenters. The smallest absolute Gasteiger partial charge is 0.328 e. The fourth-order valence-electron chi connectivity index (χ4n) is 1.87. The summed E-state index contributed by atoms with van der Waals surface area (Å²) >= 11 is 0. The first kappa shape index (κ1) is 13.2. The molecule has 1 fully saturated rings. The topological polar surface area (TPSA) is 82.1 Å². The zero-order valence-electron chi connectivity index (χ0n) is 10.8. The number of cyclic esters (lactones) is 2. The Balaban J connectivity index is 2.36. The van der Waals surface area contributed by atoms with Gasteiger partial charge in [0.2, 0.25) is 0 Å². The third-order valence-electron chi connectivity index (χ3n) is 2.70. The summed E-state index contributed by atoms with van der Waals surface area (Å²) in [6.07, 6.45) is 0.